The molecular formula is C18H21N3O3. The Morgan fingerprint density at radius 1 is 1.25 bits per heavy atom. The van der Waals surface area contributed by atoms with Crippen molar-refractivity contribution in [3.8, 4) is 5.75 Å². The van der Waals surface area contributed by atoms with E-state index < -0.39 is 5.91 Å². The van der Waals surface area contributed by atoms with E-state index in [0.717, 1.165) is 17.7 Å². The molecule has 24 heavy (non-hydrogen) atoms. The van der Waals surface area contributed by atoms with Gasteiger partial charge in [0.25, 0.3) is 11.5 Å². The predicted molar refractivity (Wildman–Crippen MR) is 93.7 cm³/mol. The van der Waals surface area contributed by atoms with Crippen molar-refractivity contribution < 1.29 is 9.53 Å². The van der Waals surface area contributed by atoms with Crippen molar-refractivity contribution in [3.63, 3.8) is 0 Å². The van der Waals surface area contributed by atoms with Gasteiger partial charge in [0.1, 0.15) is 11.3 Å². The lowest BCUT2D eigenvalue weighted by Crippen LogP contribution is -2.30. The molecule has 0 spiro atoms. The van der Waals surface area contributed by atoms with Crippen LogP contribution < -0.4 is 15.7 Å². The lowest BCUT2D eigenvalue weighted by Gasteiger charge is -2.04. The number of nitrogens with zero attached hydrogens (tertiary/aromatic N) is 2. The van der Waals surface area contributed by atoms with Crippen molar-refractivity contribution in [3.05, 3.63) is 64.1 Å². The van der Waals surface area contributed by atoms with Crippen LogP contribution in [0.5, 0.6) is 5.75 Å². The molecule has 0 saturated heterocycles. The second-order valence-corrected chi connectivity index (χ2v) is 5.13. The number of aromatic nitrogens is 1. The van der Waals surface area contributed by atoms with Gasteiger partial charge in [0.05, 0.1) is 12.8 Å². The van der Waals surface area contributed by atoms with Crippen LogP contribution in [0.4, 0.5) is 0 Å². The first-order valence-electron chi connectivity index (χ1n) is 7.91. The highest BCUT2D eigenvalue weighted by atomic mass is 16.5. The average Bonchev–Trinajstić information content (AvgIpc) is 2.61. The molecule has 0 saturated carbocycles. The molecule has 6 heteroatoms. The molecule has 6 nitrogen and oxygen atoms in total. The molecule has 0 aliphatic rings. The van der Waals surface area contributed by atoms with Crippen molar-refractivity contribution in [1.29, 1.82) is 0 Å². The van der Waals surface area contributed by atoms with Gasteiger partial charge in [-0.05, 0) is 55.3 Å². The van der Waals surface area contributed by atoms with Crippen molar-refractivity contribution in [1.82, 2.24) is 9.99 Å². The van der Waals surface area contributed by atoms with Gasteiger partial charge in [-0.15, -0.1) is 0 Å². The summed E-state index contributed by atoms with van der Waals surface area (Å²) in [4.78, 5) is 24.1. The van der Waals surface area contributed by atoms with Gasteiger partial charge in [-0.3, -0.25) is 9.59 Å². The van der Waals surface area contributed by atoms with E-state index in [9.17, 15) is 9.59 Å². The molecule has 0 atom stereocenters. The number of carbonyl (C=O) groups excluding carboxylic acids is 1. The van der Waals surface area contributed by atoms with Crippen LogP contribution >= 0.6 is 0 Å². The van der Waals surface area contributed by atoms with Gasteiger partial charge in [0.2, 0.25) is 0 Å². The van der Waals surface area contributed by atoms with Crippen LogP contribution in [0.1, 0.15) is 36.2 Å². The second kappa shape index (κ2) is 8.67. The molecule has 0 aliphatic carbocycles. The Hall–Kier alpha value is -2.89. The van der Waals surface area contributed by atoms with E-state index in [1.807, 2.05) is 38.1 Å². The van der Waals surface area contributed by atoms with Crippen LogP contribution in [0.25, 0.3) is 0 Å². The summed E-state index contributed by atoms with van der Waals surface area (Å²) in [5, 5.41) is 3.89. The highest BCUT2D eigenvalue weighted by molar-refractivity contribution is 5.94. The number of hydrogen-bond acceptors (Lipinski definition) is 4. The SMILES string of the molecule is CCCOc1ccc(/C=N\NC(=O)c2cccn(CC)c2=O)cc1. The zero-order valence-electron chi connectivity index (χ0n) is 13.9. The Balaban J connectivity index is 1.98. The number of aryl methyl sites for hydroxylation is 1. The van der Waals surface area contributed by atoms with Gasteiger partial charge < -0.3 is 9.30 Å². The first kappa shape index (κ1) is 17.5. The smallest absolute Gasteiger partial charge is 0.276 e. The Morgan fingerprint density at radius 3 is 2.67 bits per heavy atom. The van der Waals surface area contributed by atoms with E-state index in [2.05, 4.69) is 10.5 Å². The van der Waals surface area contributed by atoms with Crippen LogP contribution in [0.2, 0.25) is 0 Å². The quantitative estimate of drug-likeness (QED) is 0.627. The maximum Gasteiger partial charge on any atom is 0.276 e. The first-order chi connectivity index (χ1) is 11.7. The summed E-state index contributed by atoms with van der Waals surface area (Å²) < 4.78 is 6.96. The molecule has 1 aromatic carbocycles. The highest BCUT2D eigenvalue weighted by Gasteiger charge is 2.10. The summed E-state index contributed by atoms with van der Waals surface area (Å²) in [6, 6.07) is 10.5. The third kappa shape index (κ3) is 4.55. The number of hydrogen-bond donors (Lipinski definition) is 1. The van der Waals surface area contributed by atoms with Crippen LogP contribution in [0.15, 0.2) is 52.5 Å². The van der Waals surface area contributed by atoms with Crippen LogP contribution in [0.3, 0.4) is 0 Å². The molecule has 0 aliphatic heterocycles. The molecule has 0 fully saturated rings. The Morgan fingerprint density at radius 2 is 2.00 bits per heavy atom. The number of benzene rings is 1. The number of hydrazone groups is 1. The molecule has 0 bridgehead atoms. The van der Waals surface area contributed by atoms with Crippen molar-refractivity contribution in [2.24, 2.45) is 5.10 Å². The van der Waals surface area contributed by atoms with Gasteiger partial charge in [0.15, 0.2) is 0 Å². The van der Waals surface area contributed by atoms with E-state index in [1.165, 1.54) is 16.8 Å². The van der Waals surface area contributed by atoms with E-state index >= 15 is 0 Å². The summed E-state index contributed by atoms with van der Waals surface area (Å²) in [5.41, 5.74) is 2.93. The third-order valence-electron chi connectivity index (χ3n) is 3.34. The average molecular weight is 327 g/mol. The molecular weight excluding hydrogens is 306 g/mol. The van der Waals surface area contributed by atoms with Gasteiger partial charge in [-0.25, -0.2) is 5.43 Å². The number of ether oxygens (including phenoxy) is 1. The zero-order valence-corrected chi connectivity index (χ0v) is 13.9. The summed E-state index contributed by atoms with van der Waals surface area (Å²) in [6.07, 6.45) is 4.11. The second-order valence-electron chi connectivity index (χ2n) is 5.13. The minimum absolute atomic E-state index is 0.0693. The molecule has 1 heterocycles. The largest absolute Gasteiger partial charge is 0.494 e. The number of nitrogens with one attached hydrogen (secondary N) is 1. The van der Waals surface area contributed by atoms with Crippen molar-refractivity contribution >= 4 is 12.1 Å². The van der Waals surface area contributed by atoms with E-state index in [-0.39, 0.29) is 11.1 Å². The van der Waals surface area contributed by atoms with E-state index in [4.69, 9.17) is 4.74 Å². The summed E-state index contributed by atoms with van der Waals surface area (Å²) in [7, 11) is 0. The molecule has 1 amide bonds. The van der Waals surface area contributed by atoms with Crippen LogP contribution in [0, 0.1) is 0 Å². The normalized spacial score (nSPS) is 10.8. The predicted octanol–water partition coefficient (Wildman–Crippen LogP) is 2.42. The Labute approximate surface area is 140 Å². The lowest BCUT2D eigenvalue weighted by atomic mass is 10.2. The lowest BCUT2D eigenvalue weighted by molar-refractivity contribution is 0.0953. The number of carbonyl (C=O) groups is 1. The van der Waals surface area contributed by atoms with Gasteiger partial charge in [-0.2, -0.15) is 5.10 Å². The van der Waals surface area contributed by atoms with Crippen LogP contribution in [-0.2, 0) is 6.54 Å². The van der Waals surface area contributed by atoms with Crippen molar-refractivity contribution in [2.75, 3.05) is 6.61 Å². The van der Waals surface area contributed by atoms with E-state index in [1.54, 1.807) is 12.3 Å². The Bertz CT molecular complexity index is 764. The fourth-order valence-corrected chi connectivity index (χ4v) is 2.05. The molecule has 1 aromatic heterocycles. The summed E-state index contributed by atoms with van der Waals surface area (Å²) in [5.74, 6) is 0.268. The molecule has 0 radical (unpaired) electrons. The molecule has 2 aromatic rings. The number of pyridine rings is 1. The summed E-state index contributed by atoms with van der Waals surface area (Å²) >= 11 is 0. The topological polar surface area (TPSA) is 72.7 Å². The Kier molecular flexibility index (Phi) is 6.31. The fraction of sp³-hybridized carbons (Fsp3) is 0.278. The van der Waals surface area contributed by atoms with E-state index in [0.29, 0.717) is 13.2 Å². The maximum atomic E-state index is 12.0. The third-order valence-corrected chi connectivity index (χ3v) is 3.34. The zero-order chi connectivity index (χ0) is 17.4. The molecule has 126 valence electrons. The first-order valence-corrected chi connectivity index (χ1v) is 7.91. The fourth-order valence-electron chi connectivity index (χ4n) is 2.05. The van der Waals surface area contributed by atoms with Gasteiger partial charge in [-0.1, -0.05) is 6.92 Å². The maximum absolute atomic E-state index is 12.0. The molecule has 1 N–H and O–H groups in total. The number of rotatable bonds is 7. The molecule has 2 rings (SSSR count). The minimum atomic E-state index is -0.526. The summed E-state index contributed by atoms with van der Waals surface area (Å²) in [6.45, 7) is 5.08. The number of amides is 1. The van der Waals surface area contributed by atoms with Gasteiger partial charge in [0, 0.05) is 12.7 Å². The molecule has 0 unspecified atom stereocenters. The van der Waals surface area contributed by atoms with Gasteiger partial charge >= 0.3 is 0 Å². The minimum Gasteiger partial charge on any atom is -0.494 e. The standard InChI is InChI=1S/C18H21N3O3/c1-3-12-24-15-9-7-14(8-10-15)13-19-20-17(22)16-6-5-11-21(4-2)18(16)23/h5-11,13H,3-4,12H2,1-2H3,(H,20,22)/b19-13-. The monoisotopic (exact) mass is 327 g/mol. The van der Waals surface area contributed by atoms with Crippen molar-refractivity contribution in [2.45, 2.75) is 26.8 Å². The van der Waals surface area contributed by atoms with Crippen LogP contribution in [-0.4, -0.2) is 23.3 Å². The highest BCUT2D eigenvalue weighted by Crippen LogP contribution is 2.11.